The molecule has 88 heavy (non-hydrogen) atoms. The first kappa shape index (κ1) is 76.6. The second kappa shape index (κ2) is 40.1. The van der Waals surface area contributed by atoms with Gasteiger partial charge in [-0.2, -0.15) is 0 Å². The number of carbonyl (C=O) groups excluding carboxylic acids is 10. The second-order valence-corrected chi connectivity index (χ2v) is 24.0. The number of hydrogen-bond donors (Lipinski definition) is 16. The number of primary amides is 1. The number of aliphatic imine (C=N–C) groups is 1. The van der Waals surface area contributed by atoms with E-state index in [2.05, 4.69) is 52.8 Å². The molecule has 2 rings (SSSR count). The minimum absolute atomic E-state index is 0.00598. The summed E-state index contributed by atoms with van der Waals surface area (Å²) in [5.41, 5.74) is 34.8. The fourth-order valence-corrected chi connectivity index (χ4v) is 9.71. The van der Waals surface area contributed by atoms with Gasteiger partial charge in [-0.3, -0.25) is 52.9 Å². The van der Waals surface area contributed by atoms with Gasteiger partial charge in [-0.15, -0.1) is 0 Å². The molecule has 22 N–H and O–H groups in total. The molecule has 0 aliphatic carbocycles. The minimum Gasteiger partial charge on any atom is -0.391 e. The molecule has 11 atom stereocenters. The summed E-state index contributed by atoms with van der Waals surface area (Å²) in [4.78, 5) is 143. The molecule has 0 bridgehead atoms. The van der Waals surface area contributed by atoms with Crippen LogP contribution in [0.15, 0.2) is 47.5 Å². The first-order valence-corrected chi connectivity index (χ1v) is 30.9. The van der Waals surface area contributed by atoms with Crippen molar-refractivity contribution in [1.29, 1.82) is 0 Å². The fraction of sp³-hybridized carbons (Fsp3) is 0.656. The van der Waals surface area contributed by atoms with Gasteiger partial charge in [-0.1, -0.05) is 104 Å². The zero-order valence-corrected chi connectivity index (χ0v) is 53.1. The summed E-state index contributed by atoms with van der Waals surface area (Å²) < 4.78 is 0. The number of hydrogen-bond acceptors (Lipinski definition) is 15. The summed E-state index contributed by atoms with van der Waals surface area (Å²) in [6.07, 6.45) is 1.11. The Bertz CT molecular complexity index is 2620. The predicted molar refractivity (Wildman–Crippen MR) is 338 cm³/mol. The Balaban J connectivity index is 2.51. The standard InChI is InChI=1S/C61H104N16O11/c1-10-37(8)50(59(87)72-43(21-14-16-26-63)55(83)77-51(38(9)78)60(88)75-47(30-36(6)7)57(85)73-45(52(65)80)28-34(2)3)76-54(82)44(22-17-27-68-61(66)67)70-53(81)42(20-13-15-25-62)71-56(84)46(29-35(4)5)74-58(86)48(69-49(79)33-64)32-39-23-24-40-18-11-12-19-41(40)31-39/h11-12,18-19,23-24,31,34-38,42-48,50-51,78H,10,13-17,20-22,25-30,32-33,62-64H2,1-9H3,(H2,65,80)(H,69,79)(H,70,81)(H,71,84)(H,72,87)(H,73,85)(H,74,86)(H,75,88)(H,76,82)(H,77,83)(H4,66,67,68)/t37-,38+,42-,43-,44-,45-,46-,47-,48-,50-,51-/m0/s1. The Kier molecular flexibility index (Phi) is 34.9. The van der Waals surface area contributed by atoms with Crippen molar-refractivity contribution in [3.63, 3.8) is 0 Å². The zero-order valence-electron chi connectivity index (χ0n) is 53.1. The molecule has 0 aliphatic heterocycles. The lowest BCUT2D eigenvalue weighted by molar-refractivity contribution is -0.137. The highest BCUT2D eigenvalue weighted by atomic mass is 16.3. The van der Waals surface area contributed by atoms with E-state index in [1.54, 1.807) is 13.8 Å². The van der Waals surface area contributed by atoms with Crippen LogP contribution >= 0.6 is 0 Å². The van der Waals surface area contributed by atoms with Gasteiger partial charge in [0, 0.05) is 13.0 Å². The first-order chi connectivity index (χ1) is 41.5. The van der Waals surface area contributed by atoms with Gasteiger partial charge in [0.15, 0.2) is 5.96 Å². The zero-order chi connectivity index (χ0) is 66.2. The Labute approximate surface area is 518 Å². The average molecular weight is 1240 g/mol. The highest BCUT2D eigenvalue weighted by molar-refractivity contribution is 5.99. The molecule has 0 aliphatic rings. The van der Waals surface area contributed by atoms with Crippen molar-refractivity contribution in [2.24, 2.45) is 63.1 Å². The molecule has 0 heterocycles. The van der Waals surface area contributed by atoms with Crippen molar-refractivity contribution in [2.75, 3.05) is 26.2 Å². The summed E-state index contributed by atoms with van der Waals surface area (Å²) in [7, 11) is 0. The number of nitrogens with two attached hydrogens (primary N) is 6. The quantitative estimate of drug-likeness (QED) is 0.0217. The highest BCUT2D eigenvalue weighted by Crippen LogP contribution is 2.19. The summed E-state index contributed by atoms with van der Waals surface area (Å²) in [5.74, 6) is -8.72. The number of fused-ring (bicyclic) bond motifs is 1. The van der Waals surface area contributed by atoms with Crippen molar-refractivity contribution in [3.8, 4) is 0 Å². The van der Waals surface area contributed by atoms with Crippen molar-refractivity contribution in [1.82, 2.24) is 47.9 Å². The highest BCUT2D eigenvalue weighted by Gasteiger charge is 2.37. The molecule has 0 radical (unpaired) electrons. The number of guanidine groups is 1. The predicted octanol–water partition coefficient (Wildman–Crippen LogP) is -0.934. The maximum Gasteiger partial charge on any atom is 0.245 e. The van der Waals surface area contributed by atoms with Crippen LogP contribution in [0.25, 0.3) is 10.8 Å². The van der Waals surface area contributed by atoms with Crippen molar-refractivity contribution in [2.45, 2.75) is 206 Å². The monoisotopic (exact) mass is 1240 g/mol. The lowest BCUT2D eigenvalue weighted by atomic mass is 9.96. The summed E-state index contributed by atoms with van der Waals surface area (Å²) in [5, 5.41) is 37.1. The first-order valence-electron chi connectivity index (χ1n) is 30.9. The van der Waals surface area contributed by atoms with Crippen molar-refractivity contribution < 1.29 is 53.1 Å². The van der Waals surface area contributed by atoms with E-state index in [9.17, 15) is 53.1 Å². The molecule has 27 nitrogen and oxygen atoms in total. The number of nitrogens with one attached hydrogen (secondary N) is 9. The Hall–Kier alpha value is -7.49. The molecule has 0 aromatic heterocycles. The largest absolute Gasteiger partial charge is 0.391 e. The topological polar surface area (TPSA) is 468 Å². The van der Waals surface area contributed by atoms with Crippen LogP contribution in [0.3, 0.4) is 0 Å². The lowest BCUT2D eigenvalue weighted by Crippen LogP contribution is -2.62. The number of rotatable bonds is 42. The molecular weight excluding hydrogens is 1130 g/mol. The smallest absolute Gasteiger partial charge is 0.245 e. The van der Waals surface area contributed by atoms with Gasteiger partial charge in [0.25, 0.3) is 0 Å². The Morgan fingerprint density at radius 1 is 0.466 bits per heavy atom. The number of unbranched alkanes of at least 4 members (excludes halogenated alkanes) is 2. The van der Waals surface area contributed by atoms with Crippen LogP contribution in [0.4, 0.5) is 0 Å². The van der Waals surface area contributed by atoms with Crippen molar-refractivity contribution in [3.05, 3.63) is 48.0 Å². The summed E-state index contributed by atoms with van der Waals surface area (Å²) in [6, 6.07) is 1.77. The molecule has 2 aromatic rings. The third-order valence-corrected chi connectivity index (χ3v) is 14.7. The van der Waals surface area contributed by atoms with Gasteiger partial charge in [-0.05, 0) is 131 Å². The van der Waals surface area contributed by atoms with Crippen LogP contribution < -0.4 is 82.3 Å². The minimum atomic E-state index is -1.64. The van der Waals surface area contributed by atoms with Crippen molar-refractivity contribution >= 4 is 75.8 Å². The van der Waals surface area contributed by atoms with E-state index in [1.165, 1.54) is 6.92 Å². The lowest BCUT2D eigenvalue weighted by Gasteiger charge is -2.30. The maximum absolute atomic E-state index is 14.6. The summed E-state index contributed by atoms with van der Waals surface area (Å²) in [6.45, 7) is 15.9. The summed E-state index contributed by atoms with van der Waals surface area (Å²) >= 11 is 0. The fourth-order valence-electron chi connectivity index (χ4n) is 9.71. The van der Waals surface area contributed by atoms with Crippen LogP contribution in [-0.2, 0) is 54.4 Å². The van der Waals surface area contributed by atoms with Gasteiger partial charge in [0.1, 0.15) is 54.4 Å². The van der Waals surface area contributed by atoms with E-state index in [1.807, 2.05) is 84.0 Å². The van der Waals surface area contributed by atoms with Crippen LogP contribution in [0.1, 0.15) is 145 Å². The van der Waals surface area contributed by atoms with Gasteiger partial charge >= 0.3 is 0 Å². The average Bonchev–Trinajstić information content (AvgIpc) is 1.75. The SMILES string of the molecule is CC[C@H](C)[C@H](NC(=O)[C@H](CCCN=C(N)N)NC(=O)[C@H](CCCCN)NC(=O)[C@H](CC(C)C)NC(=O)[C@H](Cc1ccc2ccccc2c1)NC(=O)CN)C(=O)N[C@@H](CCCCN)C(=O)N[C@H](C(=O)N[C@@H](CC(C)C)C(=O)N[C@@H](CC(C)C)C(N)=O)[C@@H](C)O. The normalized spacial score (nSPS) is 15.1. The van der Waals surface area contributed by atoms with Gasteiger partial charge < -0.3 is 87.4 Å². The molecule has 0 saturated heterocycles. The molecule has 2 aromatic carbocycles. The van der Waals surface area contributed by atoms with Gasteiger partial charge in [0.2, 0.25) is 59.1 Å². The molecule has 494 valence electrons. The van der Waals surface area contributed by atoms with E-state index >= 15 is 0 Å². The molecule has 0 unspecified atom stereocenters. The van der Waals surface area contributed by atoms with E-state index in [0.717, 1.165) is 16.3 Å². The molecule has 0 saturated carbocycles. The van der Waals surface area contributed by atoms with Crippen LogP contribution in [-0.4, -0.2) is 157 Å². The number of aliphatic hydroxyl groups is 1. The molecule has 0 fully saturated rings. The number of nitrogens with zero attached hydrogens (tertiary/aromatic N) is 1. The van der Waals surface area contributed by atoms with E-state index in [4.69, 9.17) is 34.4 Å². The van der Waals surface area contributed by atoms with E-state index in [-0.39, 0.29) is 94.7 Å². The van der Waals surface area contributed by atoms with Crippen LogP contribution in [0.5, 0.6) is 0 Å². The van der Waals surface area contributed by atoms with E-state index < -0.39 is 132 Å². The molecule has 27 heteroatoms. The van der Waals surface area contributed by atoms with Crippen LogP contribution in [0.2, 0.25) is 0 Å². The second-order valence-electron chi connectivity index (χ2n) is 24.0. The Morgan fingerprint density at radius 2 is 0.875 bits per heavy atom. The third-order valence-electron chi connectivity index (χ3n) is 14.7. The third kappa shape index (κ3) is 28.1. The Morgan fingerprint density at radius 3 is 1.34 bits per heavy atom. The molecule has 10 amide bonds. The van der Waals surface area contributed by atoms with Gasteiger partial charge in [0.05, 0.1) is 12.6 Å². The number of benzene rings is 2. The van der Waals surface area contributed by atoms with Crippen LogP contribution in [0, 0.1) is 23.7 Å². The number of amides is 10. The van der Waals surface area contributed by atoms with Gasteiger partial charge in [-0.25, -0.2) is 0 Å². The number of carbonyl (C=O) groups is 10. The molecular formula is C61H104N16O11. The molecule has 0 spiro atoms. The maximum atomic E-state index is 14.6. The van der Waals surface area contributed by atoms with E-state index in [0.29, 0.717) is 32.1 Å². The number of aliphatic hydroxyl groups excluding tert-OH is 1.